The lowest BCUT2D eigenvalue weighted by Gasteiger charge is -2.21. The maximum absolute atomic E-state index is 12.6. The molecule has 0 unspecified atom stereocenters. The van der Waals surface area contributed by atoms with E-state index in [1.54, 1.807) is 56.6 Å². The van der Waals surface area contributed by atoms with Crippen molar-refractivity contribution in [3.63, 3.8) is 0 Å². The molecule has 1 aliphatic rings. The topological polar surface area (TPSA) is 184 Å². The molecule has 1 aromatic heterocycles. The third-order valence-corrected chi connectivity index (χ3v) is 7.58. The number of halogens is 3. The number of rotatable bonds is 7. The molecule has 242 valence electrons. The molecule has 3 aromatic rings. The van der Waals surface area contributed by atoms with Crippen molar-refractivity contribution >= 4 is 46.7 Å². The summed E-state index contributed by atoms with van der Waals surface area (Å²) in [4.78, 5) is 60.4. The van der Waals surface area contributed by atoms with Crippen LogP contribution in [-0.2, 0) is 29.0 Å². The number of carboxylic acid groups (broad SMARTS) is 2. The van der Waals surface area contributed by atoms with Gasteiger partial charge in [0.15, 0.2) is 0 Å². The highest BCUT2D eigenvalue weighted by Gasteiger charge is 2.38. The Kier molecular flexibility index (Phi) is 13.2. The van der Waals surface area contributed by atoms with Gasteiger partial charge in [0.2, 0.25) is 0 Å². The van der Waals surface area contributed by atoms with Crippen molar-refractivity contribution in [2.24, 2.45) is 11.5 Å². The largest absolute Gasteiger partial charge is 0.490 e. The van der Waals surface area contributed by atoms with Gasteiger partial charge in [-0.25, -0.2) is 4.79 Å². The molecular weight excluding hydrogens is 617 g/mol. The van der Waals surface area contributed by atoms with Gasteiger partial charge in [-0.05, 0) is 61.1 Å². The number of carbonyl (C=O) groups is 5. The standard InChI is InChI=1S/C16H16N2O3.C12H16N2O2S.C2HF3O2/c17-10-12-5-4-6-13(9-12)16(21)18(11-15(19)20)14-7-2-1-3-8-14;1-14(2)12(16)9-7-5-3-4-6-8(7)17-10(9)11(13)15;3-2(4,5)1(6)7/h1-9H,10-11,17H2,(H,19,20);3-6H2,1-2H3,(H2,13,15);(H,6,7). The highest BCUT2D eigenvalue weighted by molar-refractivity contribution is 7.14. The fourth-order valence-corrected chi connectivity index (χ4v) is 5.43. The first-order valence-electron chi connectivity index (χ1n) is 13.4. The Bertz CT molecular complexity index is 1530. The predicted octanol–water partition coefficient (Wildman–Crippen LogP) is 3.94. The summed E-state index contributed by atoms with van der Waals surface area (Å²) >= 11 is 1.39. The average Bonchev–Trinajstić information content (AvgIpc) is 3.40. The molecule has 45 heavy (non-hydrogen) atoms. The van der Waals surface area contributed by atoms with Crippen molar-refractivity contribution in [1.29, 1.82) is 0 Å². The van der Waals surface area contributed by atoms with Gasteiger partial charge in [0.05, 0.1) is 5.56 Å². The van der Waals surface area contributed by atoms with Crippen LogP contribution in [0.5, 0.6) is 0 Å². The zero-order valence-corrected chi connectivity index (χ0v) is 25.3. The minimum absolute atomic E-state index is 0.113. The number of hydrogen-bond donors (Lipinski definition) is 4. The van der Waals surface area contributed by atoms with Crippen molar-refractivity contribution in [1.82, 2.24) is 4.90 Å². The molecule has 0 spiro atoms. The second-order valence-corrected chi connectivity index (χ2v) is 10.9. The van der Waals surface area contributed by atoms with Crippen LogP contribution >= 0.6 is 11.3 Å². The van der Waals surface area contributed by atoms with Crippen molar-refractivity contribution in [2.75, 3.05) is 25.5 Å². The number of carboxylic acids is 2. The van der Waals surface area contributed by atoms with Crippen LogP contribution in [-0.4, -0.2) is 71.6 Å². The maximum Gasteiger partial charge on any atom is 0.490 e. The number of hydrogen-bond acceptors (Lipinski definition) is 7. The highest BCUT2D eigenvalue weighted by Crippen LogP contribution is 2.34. The SMILES string of the molecule is CN(C)C(=O)c1c(C(N)=O)sc2c1CCCC2.NCc1cccc(C(=O)N(CC(=O)O)c2ccccc2)c1.O=C(O)C(F)(F)F. The van der Waals surface area contributed by atoms with Crippen LogP contribution in [0.4, 0.5) is 18.9 Å². The summed E-state index contributed by atoms with van der Waals surface area (Å²) < 4.78 is 31.7. The van der Waals surface area contributed by atoms with E-state index in [9.17, 15) is 32.3 Å². The van der Waals surface area contributed by atoms with Gasteiger partial charge >= 0.3 is 18.1 Å². The lowest BCUT2D eigenvalue weighted by molar-refractivity contribution is -0.192. The molecule has 15 heteroatoms. The monoisotopic (exact) mass is 650 g/mol. The third-order valence-electron chi connectivity index (χ3n) is 6.27. The number of nitrogens with two attached hydrogens (primary N) is 2. The maximum atomic E-state index is 12.6. The third kappa shape index (κ3) is 10.4. The predicted molar refractivity (Wildman–Crippen MR) is 161 cm³/mol. The Morgan fingerprint density at radius 2 is 1.51 bits per heavy atom. The molecule has 1 heterocycles. The number of amides is 3. The minimum atomic E-state index is -5.08. The number of fused-ring (bicyclic) bond motifs is 1. The number of carbonyl (C=O) groups excluding carboxylic acids is 3. The second kappa shape index (κ2) is 16.4. The van der Waals surface area contributed by atoms with E-state index in [1.165, 1.54) is 21.1 Å². The molecule has 3 amide bonds. The zero-order chi connectivity index (χ0) is 33.9. The van der Waals surface area contributed by atoms with E-state index in [1.807, 2.05) is 12.1 Å². The van der Waals surface area contributed by atoms with Gasteiger partial charge in [0.1, 0.15) is 11.4 Å². The van der Waals surface area contributed by atoms with Crippen molar-refractivity contribution in [3.05, 3.63) is 86.6 Å². The summed E-state index contributed by atoms with van der Waals surface area (Å²) in [6, 6.07) is 15.6. The van der Waals surface area contributed by atoms with Crippen molar-refractivity contribution in [3.8, 4) is 0 Å². The first-order valence-corrected chi connectivity index (χ1v) is 14.2. The number of anilines is 1. The summed E-state index contributed by atoms with van der Waals surface area (Å²) in [5, 5.41) is 16.2. The van der Waals surface area contributed by atoms with E-state index in [0.717, 1.165) is 41.7 Å². The molecule has 0 atom stereocenters. The van der Waals surface area contributed by atoms with Crippen molar-refractivity contribution in [2.45, 2.75) is 38.4 Å². The van der Waals surface area contributed by atoms with E-state index >= 15 is 0 Å². The first kappa shape index (κ1) is 36.4. The van der Waals surface area contributed by atoms with Gasteiger partial charge < -0.3 is 26.6 Å². The van der Waals surface area contributed by atoms with Gasteiger partial charge in [0, 0.05) is 36.8 Å². The first-order chi connectivity index (χ1) is 21.1. The van der Waals surface area contributed by atoms with Gasteiger partial charge in [0.25, 0.3) is 17.7 Å². The van der Waals surface area contributed by atoms with Gasteiger partial charge in [-0.1, -0.05) is 30.3 Å². The summed E-state index contributed by atoms with van der Waals surface area (Å²) in [6.07, 6.45) is -1.04. The van der Waals surface area contributed by atoms with Crippen LogP contribution in [0.25, 0.3) is 0 Å². The highest BCUT2D eigenvalue weighted by atomic mass is 32.1. The summed E-state index contributed by atoms with van der Waals surface area (Å²) in [5.74, 6) is -4.79. The molecule has 1 aliphatic carbocycles. The van der Waals surface area contributed by atoms with Crippen LogP contribution in [0, 0.1) is 0 Å². The number of aryl methyl sites for hydroxylation is 1. The molecule has 0 saturated carbocycles. The molecule has 2 aromatic carbocycles. The lowest BCUT2D eigenvalue weighted by atomic mass is 9.94. The molecule has 4 rings (SSSR count). The molecule has 0 aliphatic heterocycles. The number of aliphatic carboxylic acids is 2. The molecule has 6 N–H and O–H groups in total. The van der Waals surface area contributed by atoms with E-state index < -0.39 is 30.6 Å². The Balaban J connectivity index is 0.000000263. The molecule has 11 nitrogen and oxygen atoms in total. The van der Waals surface area contributed by atoms with Gasteiger partial charge in [-0.15, -0.1) is 11.3 Å². The number of primary amides is 1. The normalized spacial score (nSPS) is 11.9. The molecule has 0 bridgehead atoms. The summed E-state index contributed by atoms with van der Waals surface area (Å²) in [5.41, 5.74) is 14.3. The molecule has 0 radical (unpaired) electrons. The quantitative estimate of drug-likeness (QED) is 0.296. The summed E-state index contributed by atoms with van der Waals surface area (Å²) in [6.45, 7) is -0.0684. The lowest BCUT2D eigenvalue weighted by Crippen LogP contribution is -2.35. The van der Waals surface area contributed by atoms with E-state index in [2.05, 4.69) is 0 Å². The van der Waals surface area contributed by atoms with Crippen LogP contribution in [0.1, 0.15) is 59.2 Å². The molecular formula is C30H33F3N4O7S. The van der Waals surface area contributed by atoms with Gasteiger partial charge in [-0.2, -0.15) is 13.2 Å². The van der Waals surface area contributed by atoms with Gasteiger partial charge in [-0.3, -0.25) is 24.1 Å². The Hall–Kier alpha value is -4.76. The Morgan fingerprint density at radius 1 is 0.911 bits per heavy atom. The van der Waals surface area contributed by atoms with E-state index in [4.69, 9.17) is 26.5 Å². The summed E-state index contributed by atoms with van der Waals surface area (Å²) in [7, 11) is 3.39. The second-order valence-electron chi connectivity index (χ2n) is 9.81. The number of nitrogens with zero attached hydrogens (tertiary/aromatic N) is 2. The van der Waals surface area contributed by atoms with Crippen LogP contribution in [0.15, 0.2) is 54.6 Å². The van der Waals surface area contributed by atoms with Crippen molar-refractivity contribution < 1.29 is 47.4 Å². The number of thiophene rings is 1. The Labute approximate surface area is 260 Å². The zero-order valence-electron chi connectivity index (χ0n) is 24.5. The molecule has 0 saturated heterocycles. The van der Waals surface area contributed by atoms with E-state index in [0.29, 0.717) is 28.2 Å². The minimum Gasteiger partial charge on any atom is -0.480 e. The average molecular weight is 651 g/mol. The number of alkyl halides is 3. The van der Waals surface area contributed by atoms with Crippen LogP contribution in [0.3, 0.4) is 0 Å². The number of para-hydroxylation sites is 1. The fourth-order valence-electron chi connectivity index (χ4n) is 4.20. The Morgan fingerprint density at radius 3 is 2.02 bits per heavy atom. The van der Waals surface area contributed by atoms with Crippen LogP contribution in [0.2, 0.25) is 0 Å². The smallest absolute Gasteiger partial charge is 0.480 e. The fraction of sp³-hybridized carbons (Fsp3) is 0.300. The van der Waals surface area contributed by atoms with E-state index in [-0.39, 0.29) is 11.8 Å². The number of benzene rings is 2. The van der Waals surface area contributed by atoms with Crippen LogP contribution < -0.4 is 16.4 Å². The molecule has 0 fully saturated rings.